The number of ether oxygens (including phenoxy) is 1. The lowest BCUT2D eigenvalue weighted by Crippen LogP contribution is -2.46. The van der Waals surface area contributed by atoms with Crippen LogP contribution in [0, 0.1) is 21.8 Å². The van der Waals surface area contributed by atoms with Crippen molar-refractivity contribution in [1.82, 2.24) is 4.31 Å². The molecule has 2 aromatic rings. The molecule has 2 aromatic carbocycles. The van der Waals surface area contributed by atoms with E-state index in [-0.39, 0.29) is 35.1 Å². The summed E-state index contributed by atoms with van der Waals surface area (Å²) in [5, 5.41) is 10.9. The minimum absolute atomic E-state index is 0.0541. The van der Waals surface area contributed by atoms with Crippen molar-refractivity contribution in [3.05, 3.63) is 70.0 Å². The van der Waals surface area contributed by atoms with Crippen LogP contribution in [0.4, 0.5) is 10.1 Å². The summed E-state index contributed by atoms with van der Waals surface area (Å²) in [6, 6.07) is 8.81. The van der Waals surface area contributed by atoms with E-state index in [1.54, 1.807) is 13.0 Å². The molecule has 0 amide bonds. The first-order valence-corrected chi connectivity index (χ1v) is 11.2. The van der Waals surface area contributed by atoms with Crippen LogP contribution in [-0.2, 0) is 26.1 Å². The van der Waals surface area contributed by atoms with Crippen molar-refractivity contribution in [3.63, 3.8) is 0 Å². The van der Waals surface area contributed by atoms with Gasteiger partial charge in [0, 0.05) is 24.2 Å². The standard InChI is InChI=1S/C21H25FN2O6S/c1-4-30-21(25)20(13-15(2)3)23(14-16-7-5-6-8-19(16)22)31(28,29)18-11-9-17(10-12-18)24(26)27/h5-12,15,20H,4,13-14H2,1-3H3/t20-/m0/s1. The fraction of sp³-hybridized carbons (Fsp3) is 0.381. The number of halogens is 1. The Morgan fingerprint density at radius 2 is 1.77 bits per heavy atom. The van der Waals surface area contributed by atoms with Gasteiger partial charge in [0.25, 0.3) is 5.69 Å². The van der Waals surface area contributed by atoms with Crippen LogP contribution in [0.2, 0.25) is 0 Å². The number of sulfonamides is 1. The predicted molar refractivity (Wildman–Crippen MR) is 112 cm³/mol. The SMILES string of the molecule is CCOC(=O)[C@H](CC(C)C)N(Cc1ccccc1F)S(=O)(=O)c1ccc([N+](=O)[O-])cc1. The highest BCUT2D eigenvalue weighted by atomic mass is 32.2. The Hall–Kier alpha value is -2.85. The normalized spacial score (nSPS) is 12.7. The summed E-state index contributed by atoms with van der Waals surface area (Å²) in [4.78, 5) is 22.7. The molecule has 0 unspecified atom stereocenters. The first-order chi connectivity index (χ1) is 14.6. The summed E-state index contributed by atoms with van der Waals surface area (Å²) in [6.45, 7) is 4.91. The van der Waals surface area contributed by atoms with Crippen LogP contribution in [0.5, 0.6) is 0 Å². The van der Waals surface area contributed by atoms with E-state index < -0.39 is 39.3 Å². The highest BCUT2D eigenvalue weighted by Crippen LogP contribution is 2.27. The van der Waals surface area contributed by atoms with Crippen molar-refractivity contribution in [3.8, 4) is 0 Å². The second-order valence-electron chi connectivity index (χ2n) is 7.29. The molecule has 0 aliphatic rings. The van der Waals surface area contributed by atoms with E-state index in [0.29, 0.717) is 0 Å². The summed E-state index contributed by atoms with van der Waals surface area (Å²) in [5.74, 6) is -1.42. The third-order valence-electron chi connectivity index (χ3n) is 4.54. The van der Waals surface area contributed by atoms with Crippen molar-refractivity contribution in [1.29, 1.82) is 0 Å². The smallest absolute Gasteiger partial charge is 0.324 e. The molecule has 0 radical (unpaired) electrons. The first kappa shape index (κ1) is 24.4. The van der Waals surface area contributed by atoms with Gasteiger partial charge in [-0.25, -0.2) is 12.8 Å². The third-order valence-corrected chi connectivity index (χ3v) is 6.41. The number of nitro benzene ring substituents is 1. The lowest BCUT2D eigenvalue weighted by molar-refractivity contribution is -0.384. The largest absolute Gasteiger partial charge is 0.465 e. The van der Waals surface area contributed by atoms with Crippen LogP contribution in [0.3, 0.4) is 0 Å². The highest BCUT2D eigenvalue weighted by Gasteiger charge is 2.38. The van der Waals surface area contributed by atoms with E-state index in [0.717, 1.165) is 28.6 Å². The summed E-state index contributed by atoms with van der Waals surface area (Å²) in [5.41, 5.74) is -0.185. The molecule has 0 spiro atoms. The van der Waals surface area contributed by atoms with Gasteiger partial charge in [-0.2, -0.15) is 4.31 Å². The van der Waals surface area contributed by atoms with Gasteiger partial charge in [0.05, 0.1) is 16.4 Å². The Morgan fingerprint density at radius 3 is 2.29 bits per heavy atom. The molecular formula is C21H25FN2O6S. The molecule has 0 fully saturated rings. The summed E-state index contributed by atoms with van der Waals surface area (Å²) in [6.07, 6.45) is 0.152. The van der Waals surface area contributed by atoms with E-state index in [9.17, 15) is 27.7 Å². The lowest BCUT2D eigenvalue weighted by atomic mass is 10.0. The molecule has 0 aromatic heterocycles. The number of nitro groups is 1. The summed E-state index contributed by atoms with van der Waals surface area (Å²) in [7, 11) is -4.32. The minimum atomic E-state index is -4.32. The quantitative estimate of drug-likeness (QED) is 0.307. The topological polar surface area (TPSA) is 107 Å². The molecule has 31 heavy (non-hydrogen) atoms. The Morgan fingerprint density at radius 1 is 1.16 bits per heavy atom. The van der Waals surface area contributed by atoms with Crippen LogP contribution in [0.25, 0.3) is 0 Å². The maximum atomic E-state index is 14.3. The maximum absolute atomic E-state index is 14.3. The van der Waals surface area contributed by atoms with Crippen molar-refractivity contribution in [2.75, 3.05) is 6.61 Å². The van der Waals surface area contributed by atoms with Gasteiger partial charge in [-0.05, 0) is 37.5 Å². The van der Waals surface area contributed by atoms with Crippen LogP contribution in [0.1, 0.15) is 32.8 Å². The van der Waals surface area contributed by atoms with E-state index in [4.69, 9.17) is 4.74 Å². The number of nitrogens with zero attached hydrogens (tertiary/aromatic N) is 2. The molecule has 8 nitrogen and oxygen atoms in total. The fourth-order valence-electron chi connectivity index (χ4n) is 3.05. The Labute approximate surface area is 180 Å². The van der Waals surface area contributed by atoms with Crippen LogP contribution in [0.15, 0.2) is 53.4 Å². The molecule has 0 saturated carbocycles. The molecular weight excluding hydrogens is 427 g/mol. The Bertz CT molecular complexity index is 1020. The third kappa shape index (κ3) is 6.08. The monoisotopic (exact) mass is 452 g/mol. The molecule has 0 bridgehead atoms. The number of non-ortho nitro benzene ring substituents is 1. The molecule has 10 heteroatoms. The average Bonchev–Trinajstić information content (AvgIpc) is 2.71. The van der Waals surface area contributed by atoms with E-state index in [1.807, 2.05) is 13.8 Å². The van der Waals surface area contributed by atoms with E-state index in [1.165, 1.54) is 18.2 Å². The van der Waals surface area contributed by atoms with Gasteiger partial charge in [0.2, 0.25) is 10.0 Å². The fourth-order valence-corrected chi connectivity index (χ4v) is 4.62. The summed E-state index contributed by atoms with van der Waals surface area (Å²) >= 11 is 0. The van der Waals surface area contributed by atoms with Crippen molar-refractivity contribution < 1.29 is 27.3 Å². The molecule has 2 rings (SSSR count). The zero-order valence-corrected chi connectivity index (χ0v) is 18.3. The number of hydrogen-bond acceptors (Lipinski definition) is 6. The zero-order chi connectivity index (χ0) is 23.2. The first-order valence-electron chi connectivity index (χ1n) is 9.74. The second-order valence-corrected chi connectivity index (χ2v) is 9.18. The van der Waals surface area contributed by atoms with Gasteiger partial charge in [0.1, 0.15) is 11.9 Å². The molecule has 168 valence electrons. The number of hydrogen-bond donors (Lipinski definition) is 0. The van der Waals surface area contributed by atoms with E-state index in [2.05, 4.69) is 0 Å². The van der Waals surface area contributed by atoms with Gasteiger partial charge >= 0.3 is 5.97 Å². The molecule has 0 saturated heterocycles. The summed E-state index contributed by atoms with van der Waals surface area (Å²) < 4.78 is 47.3. The van der Waals surface area contributed by atoms with Gasteiger partial charge in [-0.15, -0.1) is 0 Å². The second kappa shape index (κ2) is 10.5. The van der Waals surface area contributed by atoms with Crippen molar-refractivity contribution in [2.45, 2.75) is 44.7 Å². The Balaban J connectivity index is 2.59. The van der Waals surface area contributed by atoms with Gasteiger partial charge in [0.15, 0.2) is 0 Å². The minimum Gasteiger partial charge on any atom is -0.465 e. The molecule has 0 heterocycles. The van der Waals surface area contributed by atoms with Gasteiger partial charge < -0.3 is 4.74 Å². The number of carbonyl (C=O) groups excluding carboxylic acids is 1. The number of esters is 1. The van der Waals surface area contributed by atoms with Crippen LogP contribution >= 0.6 is 0 Å². The van der Waals surface area contributed by atoms with E-state index >= 15 is 0 Å². The lowest BCUT2D eigenvalue weighted by Gasteiger charge is -2.30. The molecule has 0 N–H and O–H groups in total. The number of benzene rings is 2. The molecule has 0 aliphatic carbocycles. The van der Waals surface area contributed by atoms with Gasteiger partial charge in [-0.1, -0.05) is 32.0 Å². The average molecular weight is 453 g/mol. The van der Waals surface area contributed by atoms with Crippen LogP contribution in [-0.4, -0.2) is 36.3 Å². The molecule has 1 atom stereocenters. The highest BCUT2D eigenvalue weighted by molar-refractivity contribution is 7.89. The number of carbonyl (C=O) groups is 1. The Kier molecular flexibility index (Phi) is 8.23. The maximum Gasteiger partial charge on any atom is 0.324 e. The van der Waals surface area contributed by atoms with Crippen LogP contribution < -0.4 is 0 Å². The molecule has 0 aliphatic heterocycles. The predicted octanol–water partition coefficient (Wildman–Crippen LogP) is 3.90. The van der Waals surface area contributed by atoms with Crippen molar-refractivity contribution in [2.24, 2.45) is 5.92 Å². The van der Waals surface area contributed by atoms with Crippen molar-refractivity contribution >= 4 is 21.7 Å². The number of rotatable bonds is 10. The van der Waals surface area contributed by atoms with Gasteiger partial charge in [-0.3, -0.25) is 14.9 Å². The zero-order valence-electron chi connectivity index (χ0n) is 17.5.